The number of benzene rings is 2. The van der Waals surface area contributed by atoms with E-state index in [9.17, 15) is 15.4 Å². The van der Waals surface area contributed by atoms with Crippen LogP contribution in [0.2, 0.25) is 0 Å². The van der Waals surface area contributed by atoms with Gasteiger partial charge in [0, 0.05) is 23.3 Å². The van der Waals surface area contributed by atoms with Crippen molar-refractivity contribution in [3.8, 4) is 17.3 Å². The van der Waals surface area contributed by atoms with Crippen molar-refractivity contribution >= 4 is 38.9 Å². The first-order chi connectivity index (χ1) is 13.2. The van der Waals surface area contributed by atoms with E-state index in [0.29, 0.717) is 27.4 Å². The molecular weight excluding hydrogens is 362 g/mol. The summed E-state index contributed by atoms with van der Waals surface area (Å²) in [7, 11) is 0. The molecule has 0 spiro atoms. The van der Waals surface area contributed by atoms with Gasteiger partial charge < -0.3 is 0 Å². The molecule has 0 bridgehead atoms. The number of aromatic amines is 1. The molecule has 130 valence electrons. The van der Waals surface area contributed by atoms with Gasteiger partial charge in [0.05, 0.1) is 32.6 Å². The number of nitro benzene ring substituents is 1. The van der Waals surface area contributed by atoms with E-state index < -0.39 is 4.92 Å². The number of H-pyrrole nitrogens is 1. The van der Waals surface area contributed by atoms with Gasteiger partial charge >= 0.3 is 0 Å². The Bertz CT molecular complexity index is 1200. The second-order valence-corrected chi connectivity index (χ2v) is 6.69. The number of aromatic nitrogens is 3. The van der Waals surface area contributed by atoms with E-state index >= 15 is 0 Å². The maximum Gasteiger partial charge on any atom is 0.270 e. The quantitative estimate of drug-likeness (QED) is 0.318. The SMILES string of the molecule is N#C/C(=C/c1cn[nH]c1-c1cccc([N+](=O)[O-])c1)c1nc2ccccc2s1. The van der Waals surface area contributed by atoms with Gasteiger partial charge in [-0.05, 0) is 18.2 Å². The lowest BCUT2D eigenvalue weighted by Crippen LogP contribution is -1.89. The highest BCUT2D eigenvalue weighted by Gasteiger charge is 2.14. The number of hydrogen-bond donors (Lipinski definition) is 1. The fourth-order valence-electron chi connectivity index (χ4n) is 2.70. The van der Waals surface area contributed by atoms with Gasteiger partial charge in [-0.25, -0.2) is 4.98 Å². The predicted molar refractivity (Wildman–Crippen MR) is 104 cm³/mol. The Kier molecular flexibility index (Phi) is 4.20. The molecule has 2 aromatic heterocycles. The van der Waals surface area contributed by atoms with Crippen LogP contribution in [0.3, 0.4) is 0 Å². The Labute approximate surface area is 157 Å². The van der Waals surface area contributed by atoms with Crippen LogP contribution in [0.5, 0.6) is 0 Å². The number of rotatable bonds is 4. The third kappa shape index (κ3) is 3.19. The molecule has 2 aromatic carbocycles. The zero-order chi connectivity index (χ0) is 18.8. The second kappa shape index (κ2) is 6.82. The summed E-state index contributed by atoms with van der Waals surface area (Å²) < 4.78 is 1.000. The topological polar surface area (TPSA) is 108 Å². The van der Waals surface area contributed by atoms with Crippen molar-refractivity contribution in [1.82, 2.24) is 15.2 Å². The van der Waals surface area contributed by atoms with E-state index in [-0.39, 0.29) is 5.69 Å². The molecule has 4 aromatic rings. The minimum Gasteiger partial charge on any atom is -0.277 e. The molecule has 27 heavy (non-hydrogen) atoms. The number of fused-ring (bicyclic) bond motifs is 1. The van der Waals surface area contributed by atoms with Crippen LogP contribution in [0, 0.1) is 21.4 Å². The molecule has 1 N–H and O–H groups in total. The lowest BCUT2D eigenvalue weighted by Gasteiger charge is -2.01. The van der Waals surface area contributed by atoms with E-state index in [4.69, 9.17) is 0 Å². The molecule has 0 saturated carbocycles. The van der Waals surface area contributed by atoms with E-state index in [1.807, 2.05) is 24.3 Å². The first-order valence-corrected chi connectivity index (χ1v) is 8.73. The van der Waals surface area contributed by atoms with Crippen molar-refractivity contribution < 1.29 is 4.92 Å². The van der Waals surface area contributed by atoms with Crippen LogP contribution in [-0.2, 0) is 0 Å². The second-order valence-electron chi connectivity index (χ2n) is 5.66. The number of thiazole rings is 1. The molecule has 0 radical (unpaired) electrons. The van der Waals surface area contributed by atoms with E-state index in [0.717, 1.165) is 10.2 Å². The molecule has 0 saturated heterocycles. The van der Waals surface area contributed by atoms with Gasteiger partial charge in [-0.15, -0.1) is 11.3 Å². The third-order valence-corrected chi connectivity index (χ3v) is 5.03. The predicted octanol–water partition coefficient (Wildman–Crippen LogP) is 4.66. The van der Waals surface area contributed by atoms with Gasteiger partial charge in [0.1, 0.15) is 11.1 Å². The molecule has 0 unspecified atom stereocenters. The summed E-state index contributed by atoms with van der Waals surface area (Å²) in [6.45, 7) is 0. The minimum atomic E-state index is -0.447. The van der Waals surface area contributed by atoms with Crippen LogP contribution in [-0.4, -0.2) is 20.1 Å². The van der Waals surface area contributed by atoms with Gasteiger partial charge in [-0.2, -0.15) is 10.4 Å². The van der Waals surface area contributed by atoms with Crippen LogP contribution in [0.25, 0.3) is 33.1 Å². The van der Waals surface area contributed by atoms with Crippen LogP contribution < -0.4 is 0 Å². The van der Waals surface area contributed by atoms with Crippen LogP contribution >= 0.6 is 11.3 Å². The van der Waals surface area contributed by atoms with Gasteiger partial charge in [0.25, 0.3) is 5.69 Å². The highest BCUT2D eigenvalue weighted by Crippen LogP contribution is 2.31. The first kappa shape index (κ1) is 16.6. The van der Waals surface area contributed by atoms with Crippen molar-refractivity contribution in [3.63, 3.8) is 0 Å². The number of nitro groups is 1. The number of hydrogen-bond acceptors (Lipinski definition) is 6. The Balaban J connectivity index is 1.78. The average Bonchev–Trinajstić information content (AvgIpc) is 3.32. The summed E-state index contributed by atoms with van der Waals surface area (Å²) in [6.07, 6.45) is 3.27. The maximum absolute atomic E-state index is 11.0. The number of nitriles is 1. The molecule has 7 nitrogen and oxygen atoms in total. The first-order valence-electron chi connectivity index (χ1n) is 7.91. The summed E-state index contributed by atoms with van der Waals surface area (Å²) in [6, 6.07) is 16.1. The van der Waals surface area contributed by atoms with Crippen LogP contribution in [0.1, 0.15) is 10.6 Å². The lowest BCUT2D eigenvalue weighted by molar-refractivity contribution is -0.384. The molecule has 8 heteroatoms. The molecule has 0 aliphatic heterocycles. The van der Waals surface area contributed by atoms with E-state index in [1.54, 1.807) is 24.4 Å². The van der Waals surface area contributed by atoms with Gasteiger partial charge in [0.2, 0.25) is 0 Å². The Morgan fingerprint density at radius 2 is 2.11 bits per heavy atom. The zero-order valence-electron chi connectivity index (χ0n) is 13.8. The molecule has 4 rings (SSSR count). The summed E-state index contributed by atoms with van der Waals surface area (Å²) in [5.74, 6) is 0. The minimum absolute atomic E-state index is 0.0105. The van der Waals surface area contributed by atoms with Crippen molar-refractivity contribution in [1.29, 1.82) is 5.26 Å². The fourth-order valence-corrected chi connectivity index (χ4v) is 3.63. The van der Waals surface area contributed by atoms with Gasteiger partial charge in [-0.3, -0.25) is 15.2 Å². The lowest BCUT2D eigenvalue weighted by atomic mass is 10.1. The summed E-state index contributed by atoms with van der Waals surface area (Å²) in [4.78, 5) is 15.1. The standard InChI is InChI=1S/C19H11N5O2S/c20-10-13(19-22-16-6-1-2-7-17(16)27-19)8-14-11-21-23-18(14)12-4-3-5-15(9-12)24(25)26/h1-9,11H,(H,21,23)/b13-8-. The largest absolute Gasteiger partial charge is 0.277 e. The van der Waals surface area contributed by atoms with Crippen molar-refractivity contribution in [3.05, 3.63) is 75.4 Å². The van der Waals surface area contributed by atoms with Crippen LogP contribution in [0.15, 0.2) is 54.7 Å². The summed E-state index contributed by atoms with van der Waals surface area (Å²) in [5.41, 5.74) is 3.12. The molecule has 0 fully saturated rings. The normalized spacial score (nSPS) is 11.4. The van der Waals surface area contributed by atoms with E-state index in [1.165, 1.54) is 23.5 Å². The van der Waals surface area contributed by atoms with Gasteiger partial charge in [-0.1, -0.05) is 24.3 Å². The number of non-ortho nitro benzene ring substituents is 1. The van der Waals surface area contributed by atoms with Crippen molar-refractivity contribution in [2.24, 2.45) is 0 Å². The number of allylic oxidation sites excluding steroid dienone is 1. The molecule has 0 aliphatic rings. The highest BCUT2D eigenvalue weighted by atomic mass is 32.1. The molecule has 2 heterocycles. The number of nitrogens with zero attached hydrogens (tertiary/aromatic N) is 4. The molecule has 0 amide bonds. The zero-order valence-corrected chi connectivity index (χ0v) is 14.6. The van der Waals surface area contributed by atoms with E-state index in [2.05, 4.69) is 21.3 Å². The van der Waals surface area contributed by atoms with Crippen molar-refractivity contribution in [2.75, 3.05) is 0 Å². The molecule has 0 atom stereocenters. The maximum atomic E-state index is 11.0. The number of para-hydroxylation sites is 1. The van der Waals surface area contributed by atoms with Crippen LogP contribution in [0.4, 0.5) is 5.69 Å². The highest BCUT2D eigenvalue weighted by molar-refractivity contribution is 7.19. The summed E-state index contributed by atoms with van der Waals surface area (Å²) >= 11 is 1.44. The Morgan fingerprint density at radius 3 is 2.89 bits per heavy atom. The average molecular weight is 373 g/mol. The smallest absolute Gasteiger partial charge is 0.270 e. The van der Waals surface area contributed by atoms with Crippen molar-refractivity contribution in [2.45, 2.75) is 0 Å². The Hall–Kier alpha value is -3.83. The number of nitrogens with one attached hydrogen (secondary N) is 1. The molecular formula is C19H11N5O2S. The molecule has 0 aliphatic carbocycles. The summed E-state index contributed by atoms with van der Waals surface area (Å²) in [5, 5.41) is 28.1. The van der Waals surface area contributed by atoms with Gasteiger partial charge in [0.15, 0.2) is 0 Å². The Morgan fingerprint density at radius 1 is 1.26 bits per heavy atom. The monoisotopic (exact) mass is 373 g/mol. The fraction of sp³-hybridized carbons (Fsp3) is 0. The third-order valence-electron chi connectivity index (χ3n) is 3.96.